The van der Waals surface area contributed by atoms with Gasteiger partial charge in [0.15, 0.2) is 0 Å². The number of hydrogen-bond acceptors (Lipinski definition) is 8. The van der Waals surface area contributed by atoms with Gasteiger partial charge in [0, 0.05) is 11.9 Å². The predicted molar refractivity (Wildman–Crippen MR) is 46.7 cm³/mol. The van der Waals surface area contributed by atoms with E-state index in [1.807, 2.05) is 0 Å². The summed E-state index contributed by atoms with van der Waals surface area (Å²) in [5.41, 5.74) is -0.359. The topological polar surface area (TPSA) is 155 Å². The highest BCUT2D eigenvalue weighted by atomic mass is 16.6. The average molecular weight is 229 g/mol. The van der Waals surface area contributed by atoms with Crippen LogP contribution in [0.5, 0.6) is 0 Å². The molecule has 0 aliphatic rings. The van der Waals surface area contributed by atoms with Gasteiger partial charge in [-0.25, -0.2) is 0 Å². The first-order valence-corrected chi connectivity index (χ1v) is 3.66. The van der Waals surface area contributed by atoms with Crippen LogP contribution in [-0.4, -0.2) is 24.7 Å². The maximum Gasteiger partial charge on any atom is 0.467 e. The maximum atomic E-state index is 10.4. The minimum atomic E-state index is -1.25. The van der Waals surface area contributed by atoms with Crippen LogP contribution in [0, 0.1) is 37.3 Å². The smallest absolute Gasteiger partial charge is 0.358 e. The molecule has 0 bridgehead atoms. The number of aryl methyl sites for hydroxylation is 1. The zero-order chi connectivity index (χ0) is 12.5. The quantitative estimate of drug-likeness (QED) is 0.535. The molecule has 0 atom stereocenters. The van der Waals surface area contributed by atoms with Crippen molar-refractivity contribution < 1.29 is 14.8 Å². The van der Waals surface area contributed by atoms with Gasteiger partial charge >= 0.3 is 17.5 Å². The van der Waals surface area contributed by atoms with Crippen LogP contribution >= 0.6 is 0 Å². The first-order valence-electron chi connectivity index (χ1n) is 3.66. The average Bonchev–Trinajstić information content (AvgIpc) is 2.15. The fraction of sp³-hybridized carbons (Fsp3) is 0.200. The van der Waals surface area contributed by atoms with Crippen LogP contribution in [-0.2, 0) is 0 Å². The SMILES string of the molecule is Cc1nc([N+](=O)[O-])c([N+](=O)[O-])nc1[N+](=O)[O-]. The summed E-state index contributed by atoms with van der Waals surface area (Å²) in [5.74, 6) is -3.24. The van der Waals surface area contributed by atoms with Crippen LogP contribution in [0.4, 0.5) is 17.5 Å². The highest BCUT2D eigenvalue weighted by molar-refractivity contribution is 5.45. The standard InChI is InChI=1S/C5H3N5O6/c1-2-3(8(11)12)7-5(10(15)16)4(6-2)9(13)14/h1H3. The van der Waals surface area contributed by atoms with E-state index in [1.54, 1.807) is 0 Å². The normalized spacial score (nSPS) is 9.81. The Kier molecular flexibility index (Phi) is 2.70. The Morgan fingerprint density at radius 1 is 0.812 bits per heavy atom. The molecule has 1 aromatic heterocycles. The summed E-state index contributed by atoms with van der Waals surface area (Å²) in [6.07, 6.45) is 0. The van der Waals surface area contributed by atoms with Gasteiger partial charge in [0.25, 0.3) is 0 Å². The van der Waals surface area contributed by atoms with Crippen molar-refractivity contribution >= 4 is 17.5 Å². The van der Waals surface area contributed by atoms with Gasteiger partial charge in [0.1, 0.15) is 0 Å². The van der Waals surface area contributed by atoms with Gasteiger partial charge in [-0.1, -0.05) is 0 Å². The molecule has 0 radical (unpaired) electrons. The van der Waals surface area contributed by atoms with Gasteiger partial charge in [0.05, 0.1) is 0 Å². The Hall–Kier alpha value is -2.72. The highest BCUT2D eigenvalue weighted by Gasteiger charge is 2.34. The first kappa shape index (κ1) is 11.4. The molecule has 0 aliphatic carbocycles. The van der Waals surface area contributed by atoms with E-state index in [0.717, 1.165) is 6.92 Å². The lowest BCUT2D eigenvalue weighted by Gasteiger charge is -1.97. The molecule has 1 rings (SSSR count). The van der Waals surface area contributed by atoms with Crippen molar-refractivity contribution in [2.75, 3.05) is 0 Å². The van der Waals surface area contributed by atoms with E-state index in [-0.39, 0.29) is 5.69 Å². The Morgan fingerprint density at radius 3 is 1.56 bits per heavy atom. The molecule has 1 aromatic rings. The number of aromatic nitrogens is 2. The number of hydrogen-bond donors (Lipinski definition) is 0. The minimum absolute atomic E-state index is 0.359. The van der Waals surface area contributed by atoms with Crippen LogP contribution in [0.2, 0.25) is 0 Å². The molecule has 0 amide bonds. The fourth-order valence-electron chi connectivity index (χ4n) is 0.908. The molecule has 0 aliphatic heterocycles. The largest absolute Gasteiger partial charge is 0.467 e. The summed E-state index contributed by atoms with van der Waals surface area (Å²) in [5, 5.41) is 31.2. The van der Waals surface area contributed by atoms with Gasteiger partial charge in [-0.2, -0.15) is 0 Å². The van der Waals surface area contributed by atoms with Crippen LogP contribution in [0.15, 0.2) is 0 Å². The van der Waals surface area contributed by atoms with Crippen LogP contribution in [0.1, 0.15) is 5.69 Å². The molecule has 1 heterocycles. The number of nitrogens with zero attached hydrogens (tertiary/aromatic N) is 5. The lowest BCUT2D eigenvalue weighted by Crippen LogP contribution is -2.06. The van der Waals surface area contributed by atoms with Crippen LogP contribution in [0.3, 0.4) is 0 Å². The van der Waals surface area contributed by atoms with Crippen LogP contribution in [0.25, 0.3) is 0 Å². The molecule has 0 fully saturated rings. The number of nitro groups is 3. The van der Waals surface area contributed by atoms with E-state index in [0.29, 0.717) is 0 Å². The van der Waals surface area contributed by atoms with E-state index >= 15 is 0 Å². The van der Waals surface area contributed by atoms with Crippen molar-refractivity contribution in [1.29, 1.82) is 0 Å². The zero-order valence-electron chi connectivity index (χ0n) is 7.69. The molecule has 11 nitrogen and oxygen atoms in total. The van der Waals surface area contributed by atoms with E-state index in [2.05, 4.69) is 9.97 Å². The molecule has 0 spiro atoms. The third-order valence-corrected chi connectivity index (χ3v) is 1.53. The Labute approximate surface area is 86.2 Å². The molecule has 16 heavy (non-hydrogen) atoms. The molecule has 0 saturated heterocycles. The lowest BCUT2D eigenvalue weighted by molar-refractivity contribution is -0.433. The van der Waals surface area contributed by atoms with Crippen molar-refractivity contribution in [2.45, 2.75) is 6.92 Å². The summed E-state index contributed by atoms with van der Waals surface area (Å²) >= 11 is 0. The third kappa shape index (κ3) is 1.87. The monoisotopic (exact) mass is 229 g/mol. The molecule has 11 heteroatoms. The van der Waals surface area contributed by atoms with Crippen molar-refractivity contribution in [3.63, 3.8) is 0 Å². The van der Waals surface area contributed by atoms with Crippen molar-refractivity contribution in [2.24, 2.45) is 0 Å². The van der Waals surface area contributed by atoms with E-state index < -0.39 is 32.2 Å². The summed E-state index contributed by atoms with van der Waals surface area (Å²) in [6, 6.07) is 0. The summed E-state index contributed by atoms with van der Waals surface area (Å²) in [4.78, 5) is 34.0. The van der Waals surface area contributed by atoms with E-state index in [9.17, 15) is 30.3 Å². The molecule has 0 aromatic carbocycles. The first-order chi connectivity index (χ1) is 7.34. The molecule has 0 unspecified atom stereocenters. The Bertz CT molecular complexity index is 498. The van der Waals surface area contributed by atoms with Gasteiger partial charge < -0.3 is 30.3 Å². The maximum absolute atomic E-state index is 10.4. The summed E-state index contributed by atoms with van der Waals surface area (Å²) in [6.45, 7) is 1.10. The second kappa shape index (κ2) is 3.80. The zero-order valence-corrected chi connectivity index (χ0v) is 7.69. The van der Waals surface area contributed by atoms with Crippen molar-refractivity contribution in [1.82, 2.24) is 9.97 Å². The molecular formula is C5H3N5O6. The fourth-order valence-corrected chi connectivity index (χ4v) is 0.908. The van der Waals surface area contributed by atoms with E-state index in [1.165, 1.54) is 0 Å². The van der Waals surface area contributed by atoms with Crippen molar-refractivity contribution in [3.8, 4) is 0 Å². The third-order valence-electron chi connectivity index (χ3n) is 1.53. The van der Waals surface area contributed by atoms with Crippen molar-refractivity contribution in [3.05, 3.63) is 36.0 Å². The lowest BCUT2D eigenvalue weighted by atomic mass is 10.4. The van der Waals surface area contributed by atoms with Gasteiger partial charge in [0.2, 0.25) is 5.69 Å². The second-order valence-electron chi connectivity index (χ2n) is 2.55. The van der Waals surface area contributed by atoms with E-state index in [4.69, 9.17) is 0 Å². The van der Waals surface area contributed by atoms with Gasteiger partial charge in [-0.15, -0.1) is 0 Å². The van der Waals surface area contributed by atoms with Crippen LogP contribution < -0.4 is 0 Å². The molecule has 0 saturated carbocycles. The van der Waals surface area contributed by atoms with Gasteiger partial charge in [-0.05, 0) is 19.8 Å². The summed E-state index contributed by atoms with van der Waals surface area (Å²) < 4.78 is 0. The Balaban J connectivity index is 3.55. The Morgan fingerprint density at radius 2 is 1.19 bits per heavy atom. The molecular weight excluding hydrogens is 226 g/mol. The minimum Gasteiger partial charge on any atom is -0.358 e. The summed E-state index contributed by atoms with van der Waals surface area (Å²) in [7, 11) is 0. The number of rotatable bonds is 3. The highest BCUT2D eigenvalue weighted by Crippen LogP contribution is 2.26. The second-order valence-corrected chi connectivity index (χ2v) is 2.55. The molecule has 84 valence electrons. The van der Waals surface area contributed by atoms with Gasteiger partial charge in [-0.3, -0.25) is 0 Å². The molecule has 0 N–H and O–H groups in total. The predicted octanol–water partition coefficient (Wildman–Crippen LogP) is 0.510.